The summed E-state index contributed by atoms with van der Waals surface area (Å²) in [6.45, 7) is 1.64. The molecule has 1 aromatic rings. The number of amides is 2. The molecule has 0 unspecified atom stereocenters. The van der Waals surface area contributed by atoms with E-state index in [0.29, 0.717) is 18.0 Å². The fraction of sp³-hybridized carbons (Fsp3) is 0.526. The maximum atomic E-state index is 12.6. The van der Waals surface area contributed by atoms with Crippen molar-refractivity contribution < 1.29 is 9.59 Å². The lowest BCUT2D eigenvalue weighted by atomic mass is 9.87. The van der Waals surface area contributed by atoms with Crippen molar-refractivity contribution in [2.45, 2.75) is 51.5 Å². The summed E-state index contributed by atoms with van der Waals surface area (Å²) in [7, 11) is 0. The first-order valence-corrected chi connectivity index (χ1v) is 8.64. The van der Waals surface area contributed by atoms with Crippen LogP contribution < -0.4 is 10.2 Å². The molecule has 24 heavy (non-hydrogen) atoms. The molecular weight excluding hydrogens is 302 g/mol. The Morgan fingerprint density at radius 1 is 1.25 bits per heavy atom. The Hall–Kier alpha value is -2.35. The third-order valence-corrected chi connectivity index (χ3v) is 4.51. The van der Waals surface area contributed by atoms with E-state index in [2.05, 4.69) is 5.32 Å². The Morgan fingerprint density at radius 3 is 2.54 bits per heavy atom. The van der Waals surface area contributed by atoms with Gasteiger partial charge in [-0.1, -0.05) is 37.5 Å². The van der Waals surface area contributed by atoms with Crippen molar-refractivity contribution in [3.05, 3.63) is 30.3 Å². The fourth-order valence-electron chi connectivity index (χ4n) is 3.22. The highest BCUT2D eigenvalue weighted by Gasteiger charge is 2.24. The average Bonchev–Trinajstić information content (AvgIpc) is 2.60. The Kier molecular flexibility index (Phi) is 6.80. The molecule has 0 saturated heterocycles. The number of nitrogens with zero attached hydrogens (tertiary/aromatic N) is 2. The fourth-order valence-corrected chi connectivity index (χ4v) is 3.22. The molecule has 1 aliphatic carbocycles. The number of nitriles is 1. The van der Waals surface area contributed by atoms with E-state index in [0.717, 1.165) is 12.8 Å². The summed E-state index contributed by atoms with van der Waals surface area (Å²) in [5.41, 5.74) is 0.664. The molecule has 0 radical (unpaired) electrons. The summed E-state index contributed by atoms with van der Waals surface area (Å²) >= 11 is 0. The van der Waals surface area contributed by atoms with Crippen LogP contribution in [0.1, 0.15) is 45.4 Å². The quantitative estimate of drug-likeness (QED) is 0.816. The zero-order valence-corrected chi connectivity index (χ0v) is 14.2. The van der Waals surface area contributed by atoms with E-state index in [4.69, 9.17) is 5.26 Å². The van der Waals surface area contributed by atoms with E-state index in [1.807, 2.05) is 24.3 Å². The number of carbonyl (C=O) groups is 2. The lowest BCUT2D eigenvalue weighted by molar-refractivity contribution is -0.127. The predicted octanol–water partition coefficient (Wildman–Crippen LogP) is 3.02. The molecule has 0 aliphatic heterocycles. The molecule has 128 valence electrons. The van der Waals surface area contributed by atoms with Gasteiger partial charge in [0.1, 0.15) is 12.6 Å². The van der Waals surface area contributed by atoms with Crippen molar-refractivity contribution in [3.8, 4) is 6.07 Å². The SMILES string of the molecule is C[C@H](NC(=O)CC1CCCCC1)C(=O)N(CC#N)c1ccccc1. The molecule has 2 rings (SSSR count). The molecular formula is C19H25N3O2. The molecule has 2 amide bonds. The number of benzene rings is 1. The standard InChI is InChI=1S/C19H25N3O2/c1-15(21-18(23)14-16-8-4-2-5-9-16)19(24)22(13-12-20)17-10-6-3-7-11-17/h3,6-7,10-11,15-16H,2,4-5,8-9,13-14H2,1H3,(H,21,23)/t15-/m0/s1. The van der Waals surface area contributed by atoms with Gasteiger partial charge in [0.2, 0.25) is 11.8 Å². The van der Waals surface area contributed by atoms with Crippen molar-refractivity contribution in [3.63, 3.8) is 0 Å². The first kappa shape index (κ1) is 18.0. The van der Waals surface area contributed by atoms with E-state index >= 15 is 0 Å². The van der Waals surface area contributed by atoms with Crippen LogP contribution in [0.2, 0.25) is 0 Å². The Morgan fingerprint density at radius 2 is 1.92 bits per heavy atom. The van der Waals surface area contributed by atoms with E-state index in [9.17, 15) is 9.59 Å². The highest BCUT2D eigenvalue weighted by Crippen LogP contribution is 2.26. The van der Waals surface area contributed by atoms with Crippen molar-refractivity contribution >= 4 is 17.5 Å². The highest BCUT2D eigenvalue weighted by atomic mass is 16.2. The van der Waals surface area contributed by atoms with Gasteiger partial charge in [0.25, 0.3) is 0 Å². The van der Waals surface area contributed by atoms with Crippen LogP contribution in [0.5, 0.6) is 0 Å². The van der Waals surface area contributed by atoms with Gasteiger partial charge in [0.15, 0.2) is 0 Å². The zero-order chi connectivity index (χ0) is 17.4. The average molecular weight is 327 g/mol. The van der Waals surface area contributed by atoms with E-state index in [1.54, 1.807) is 19.1 Å². The number of para-hydroxylation sites is 1. The van der Waals surface area contributed by atoms with E-state index < -0.39 is 6.04 Å². The smallest absolute Gasteiger partial charge is 0.250 e. The van der Waals surface area contributed by atoms with Gasteiger partial charge in [-0.05, 0) is 37.8 Å². The van der Waals surface area contributed by atoms with Gasteiger partial charge in [0.05, 0.1) is 6.07 Å². The second-order valence-electron chi connectivity index (χ2n) is 6.42. The molecule has 1 saturated carbocycles. The summed E-state index contributed by atoms with van der Waals surface area (Å²) in [6.07, 6.45) is 6.32. The molecule has 1 aromatic carbocycles. The molecule has 0 spiro atoms. The Labute approximate surface area is 143 Å². The largest absolute Gasteiger partial charge is 0.345 e. The second-order valence-corrected chi connectivity index (χ2v) is 6.42. The van der Waals surface area contributed by atoms with Gasteiger partial charge >= 0.3 is 0 Å². The molecule has 1 N–H and O–H groups in total. The molecule has 0 bridgehead atoms. The first-order chi connectivity index (χ1) is 11.6. The van der Waals surface area contributed by atoms with Crippen LogP contribution in [-0.4, -0.2) is 24.4 Å². The maximum Gasteiger partial charge on any atom is 0.250 e. The van der Waals surface area contributed by atoms with Gasteiger partial charge in [-0.25, -0.2) is 0 Å². The summed E-state index contributed by atoms with van der Waals surface area (Å²) in [6, 6.07) is 10.4. The molecule has 1 aliphatic rings. The van der Waals surface area contributed by atoms with Gasteiger partial charge in [-0.2, -0.15) is 5.26 Å². The normalized spacial score (nSPS) is 16.0. The molecule has 0 heterocycles. The van der Waals surface area contributed by atoms with Crippen molar-refractivity contribution in [2.24, 2.45) is 5.92 Å². The predicted molar refractivity (Wildman–Crippen MR) is 93.2 cm³/mol. The third-order valence-electron chi connectivity index (χ3n) is 4.51. The van der Waals surface area contributed by atoms with Crippen LogP contribution in [0.4, 0.5) is 5.69 Å². The van der Waals surface area contributed by atoms with Crippen LogP contribution in [0.15, 0.2) is 30.3 Å². The summed E-state index contributed by atoms with van der Waals surface area (Å²) in [4.78, 5) is 26.2. The van der Waals surface area contributed by atoms with Crippen molar-refractivity contribution in [1.82, 2.24) is 5.32 Å². The minimum Gasteiger partial charge on any atom is -0.345 e. The number of carbonyl (C=O) groups excluding carboxylic acids is 2. The lowest BCUT2D eigenvalue weighted by Crippen LogP contribution is -2.47. The van der Waals surface area contributed by atoms with E-state index in [-0.39, 0.29) is 18.4 Å². The molecule has 5 heteroatoms. The topological polar surface area (TPSA) is 73.2 Å². The molecule has 0 aromatic heterocycles. The van der Waals surface area contributed by atoms with Crippen LogP contribution in [-0.2, 0) is 9.59 Å². The van der Waals surface area contributed by atoms with Gasteiger partial charge in [-0.15, -0.1) is 0 Å². The summed E-state index contributed by atoms with van der Waals surface area (Å²) in [5.74, 6) is 0.0952. The molecule has 1 atom stereocenters. The van der Waals surface area contributed by atoms with Crippen LogP contribution >= 0.6 is 0 Å². The minimum absolute atomic E-state index is 0.0360. The number of hydrogen-bond donors (Lipinski definition) is 1. The summed E-state index contributed by atoms with van der Waals surface area (Å²) < 4.78 is 0. The Bertz CT molecular complexity index is 588. The van der Waals surface area contributed by atoms with E-state index in [1.165, 1.54) is 24.2 Å². The van der Waals surface area contributed by atoms with Crippen LogP contribution in [0.3, 0.4) is 0 Å². The number of hydrogen-bond acceptors (Lipinski definition) is 3. The van der Waals surface area contributed by atoms with Gasteiger partial charge < -0.3 is 5.32 Å². The number of rotatable bonds is 6. The molecule has 5 nitrogen and oxygen atoms in total. The maximum absolute atomic E-state index is 12.6. The highest BCUT2D eigenvalue weighted by molar-refractivity contribution is 5.99. The summed E-state index contributed by atoms with van der Waals surface area (Å²) in [5, 5.41) is 11.8. The second kappa shape index (κ2) is 9.07. The minimum atomic E-state index is -0.644. The van der Waals surface area contributed by atoms with Crippen LogP contribution in [0.25, 0.3) is 0 Å². The molecule has 1 fully saturated rings. The number of anilines is 1. The lowest BCUT2D eigenvalue weighted by Gasteiger charge is -2.25. The zero-order valence-electron chi connectivity index (χ0n) is 14.2. The monoisotopic (exact) mass is 327 g/mol. The number of nitrogens with one attached hydrogen (secondary N) is 1. The Balaban J connectivity index is 1.93. The first-order valence-electron chi connectivity index (χ1n) is 8.64. The van der Waals surface area contributed by atoms with Crippen molar-refractivity contribution in [1.29, 1.82) is 5.26 Å². The van der Waals surface area contributed by atoms with Crippen molar-refractivity contribution in [2.75, 3.05) is 11.4 Å². The van der Waals surface area contributed by atoms with Crippen LogP contribution in [0, 0.1) is 17.2 Å². The van der Waals surface area contributed by atoms with Gasteiger partial charge in [-0.3, -0.25) is 14.5 Å². The third kappa shape index (κ3) is 5.09. The van der Waals surface area contributed by atoms with Gasteiger partial charge in [0, 0.05) is 12.1 Å².